The summed E-state index contributed by atoms with van der Waals surface area (Å²) in [5.74, 6) is -2.43. The number of ether oxygens (including phenoxy) is 1. The molecule has 1 amide bonds. The Bertz CT molecular complexity index is 1300. The summed E-state index contributed by atoms with van der Waals surface area (Å²) >= 11 is 3.31. The summed E-state index contributed by atoms with van der Waals surface area (Å²) in [6.45, 7) is 6.16. The standard InChI is InChI=1S/C28H30BrF2N3O2/c1-27(2,3)36-26(35)34-13-7-5-4-6-8-24(34)25-32-16-23(33-25)17-9-11-19-20-12-10-18(29)15-22(20)28(30,31)21(19)14-17/h9-12,14-16,24H,4-8,13H2,1-3H3,(H,32,33)/t24-/m0/s1. The van der Waals surface area contributed by atoms with Gasteiger partial charge in [-0.1, -0.05) is 53.4 Å². The Balaban J connectivity index is 1.46. The van der Waals surface area contributed by atoms with Gasteiger partial charge >= 0.3 is 6.09 Å². The van der Waals surface area contributed by atoms with Gasteiger partial charge < -0.3 is 9.72 Å². The number of carbonyl (C=O) groups is 1. The normalized spacial score (nSPS) is 19.3. The minimum atomic E-state index is -3.08. The van der Waals surface area contributed by atoms with Gasteiger partial charge in [0.05, 0.1) is 17.9 Å². The van der Waals surface area contributed by atoms with Gasteiger partial charge in [-0.2, -0.15) is 8.78 Å². The van der Waals surface area contributed by atoms with E-state index in [1.165, 1.54) is 6.07 Å². The number of rotatable bonds is 2. The van der Waals surface area contributed by atoms with Gasteiger partial charge in [0.15, 0.2) is 0 Å². The first-order valence-electron chi connectivity index (χ1n) is 12.4. The molecule has 1 N–H and O–H groups in total. The lowest BCUT2D eigenvalue weighted by Gasteiger charge is -2.34. The second-order valence-corrected chi connectivity index (χ2v) is 11.5. The van der Waals surface area contributed by atoms with E-state index in [1.54, 1.807) is 35.4 Å². The van der Waals surface area contributed by atoms with Crippen LogP contribution in [0.2, 0.25) is 0 Å². The molecule has 8 heteroatoms. The fourth-order valence-electron chi connectivity index (χ4n) is 5.12. The maximum Gasteiger partial charge on any atom is 0.410 e. The Morgan fingerprint density at radius 1 is 1.08 bits per heavy atom. The number of hydrogen-bond acceptors (Lipinski definition) is 3. The van der Waals surface area contributed by atoms with Gasteiger partial charge in [0.2, 0.25) is 0 Å². The zero-order chi connectivity index (χ0) is 25.7. The highest BCUT2D eigenvalue weighted by Crippen LogP contribution is 2.52. The molecule has 0 bridgehead atoms. The van der Waals surface area contributed by atoms with E-state index in [1.807, 2.05) is 26.8 Å². The first kappa shape index (κ1) is 24.9. The molecule has 1 fully saturated rings. The lowest BCUT2D eigenvalue weighted by atomic mass is 10.0. The Morgan fingerprint density at radius 3 is 2.53 bits per heavy atom. The molecular weight excluding hydrogens is 528 g/mol. The summed E-state index contributed by atoms with van der Waals surface area (Å²) in [4.78, 5) is 22.7. The van der Waals surface area contributed by atoms with Gasteiger partial charge in [-0.25, -0.2) is 9.78 Å². The topological polar surface area (TPSA) is 58.2 Å². The van der Waals surface area contributed by atoms with Crippen LogP contribution in [-0.4, -0.2) is 33.1 Å². The smallest absolute Gasteiger partial charge is 0.410 e. The Labute approximate surface area is 218 Å². The van der Waals surface area contributed by atoms with Crippen molar-refractivity contribution in [3.8, 4) is 22.4 Å². The fourth-order valence-corrected chi connectivity index (χ4v) is 5.48. The number of nitrogens with zero attached hydrogens (tertiary/aromatic N) is 2. The van der Waals surface area contributed by atoms with E-state index in [4.69, 9.17) is 4.74 Å². The predicted octanol–water partition coefficient (Wildman–Crippen LogP) is 8.20. The molecule has 0 radical (unpaired) electrons. The maximum atomic E-state index is 15.4. The highest BCUT2D eigenvalue weighted by molar-refractivity contribution is 9.10. The summed E-state index contributed by atoms with van der Waals surface area (Å²) in [5.41, 5.74) is 1.78. The molecule has 0 unspecified atom stereocenters. The van der Waals surface area contributed by atoms with Crippen LogP contribution in [0.4, 0.5) is 13.6 Å². The number of hydrogen-bond donors (Lipinski definition) is 1. The summed E-state index contributed by atoms with van der Waals surface area (Å²) in [5, 5.41) is 0. The lowest BCUT2D eigenvalue weighted by molar-refractivity contribution is 0.0121. The molecule has 190 valence electrons. The number of nitrogens with one attached hydrogen (secondary N) is 1. The van der Waals surface area contributed by atoms with Gasteiger partial charge in [-0.15, -0.1) is 0 Å². The van der Waals surface area contributed by atoms with Crippen molar-refractivity contribution in [2.24, 2.45) is 0 Å². The van der Waals surface area contributed by atoms with E-state index in [-0.39, 0.29) is 23.3 Å². The van der Waals surface area contributed by atoms with Gasteiger partial charge in [0, 0.05) is 27.7 Å². The Morgan fingerprint density at radius 2 is 1.78 bits per heavy atom. The van der Waals surface area contributed by atoms with Crippen molar-refractivity contribution in [3.05, 3.63) is 64.0 Å². The van der Waals surface area contributed by atoms with Crippen molar-refractivity contribution in [1.29, 1.82) is 0 Å². The molecule has 0 saturated carbocycles. The van der Waals surface area contributed by atoms with Crippen molar-refractivity contribution in [2.45, 2.75) is 70.4 Å². The van der Waals surface area contributed by atoms with Crippen LogP contribution in [0.15, 0.2) is 47.1 Å². The summed E-state index contributed by atoms with van der Waals surface area (Å²) in [6.07, 6.45) is 6.12. The molecule has 36 heavy (non-hydrogen) atoms. The van der Waals surface area contributed by atoms with Crippen LogP contribution in [0.25, 0.3) is 22.4 Å². The molecule has 1 saturated heterocycles. The van der Waals surface area contributed by atoms with Gasteiger partial charge in [-0.05, 0) is 62.9 Å². The van der Waals surface area contributed by atoms with Crippen LogP contribution in [0.3, 0.4) is 0 Å². The number of aromatic nitrogens is 2. The third kappa shape index (κ3) is 4.67. The SMILES string of the molecule is CC(C)(C)OC(=O)N1CCCCCC[C@H]1c1ncc(-c2ccc3c(c2)C(F)(F)c2cc(Br)ccc2-3)[nH]1. The molecule has 5 rings (SSSR count). The third-order valence-electron chi connectivity index (χ3n) is 6.82. The van der Waals surface area contributed by atoms with E-state index in [0.717, 1.165) is 32.1 Å². The summed E-state index contributed by atoms with van der Waals surface area (Å²) in [7, 11) is 0. The maximum absolute atomic E-state index is 15.4. The largest absolute Gasteiger partial charge is 0.444 e. The molecule has 5 nitrogen and oxygen atoms in total. The molecule has 2 heterocycles. The monoisotopic (exact) mass is 557 g/mol. The average molecular weight is 558 g/mol. The molecule has 2 aromatic carbocycles. The van der Waals surface area contributed by atoms with E-state index >= 15 is 8.78 Å². The number of amides is 1. The summed E-state index contributed by atoms with van der Waals surface area (Å²) < 4.78 is 37.0. The molecule has 1 aromatic heterocycles. The zero-order valence-electron chi connectivity index (χ0n) is 20.7. The number of aromatic amines is 1. The highest BCUT2D eigenvalue weighted by atomic mass is 79.9. The van der Waals surface area contributed by atoms with Crippen LogP contribution in [0.1, 0.15) is 75.9 Å². The minimum absolute atomic E-state index is 0.00872. The fraction of sp³-hybridized carbons (Fsp3) is 0.429. The van der Waals surface area contributed by atoms with Crippen molar-refractivity contribution in [1.82, 2.24) is 14.9 Å². The van der Waals surface area contributed by atoms with Crippen LogP contribution < -0.4 is 0 Å². The van der Waals surface area contributed by atoms with Crippen molar-refractivity contribution in [3.63, 3.8) is 0 Å². The first-order chi connectivity index (χ1) is 17.0. The number of halogens is 3. The molecule has 1 atom stereocenters. The number of fused-ring (bicyclic) bond motifs is 3. The van der Waals surface area contributed by atoms with Gasteiger partial charge in [0.25, 0.3) is 5.92 Å². The lowest BCUT2D eigenvalue weighted by Crippen LogP contribution is -2.40. The number of H-pyrrole nitrogens is 1. The third-order valence-corrected chi connectivity index (χ3v) is 7.31. The van der Waals surface area contributed by atoms with E-state index < -0.39 is 11.5 Å². The number of alkyl halides is 2. The summed E-state index contributed by atoms with van der Waals surface area (Å²) in [6, 6.07) is 9.88. The average Bonchev–Trinajstić information content (AvgIpc) is 3.34. The highest BCUT2D eigenvalue weighted by Gasteiger charge is 2.44. The van der Waals surface area contributed by atoms with Gasteiger partial charge in [-0.3, -0.25) is 4.90 Å². The van der Waals surface area contributed by atoms with Crippen LogP contribution in [0, 0.1) is 0 Å². The molecule has 1 aliphatic carbocycles. The van der Waals surface area contributed by atoms with Crippen molar-refractivity contribution >= 4 is 22.0 Å². The van der Waals surface area contributed by atoms with Crippen LogP contribution >= 0.6 is 15.9 Å². The molecule has 3 aromatic rings. The minimum Gasteiger partial charge on any atom is -0.444 e. The molecular formula is C28H30BrF2N3O2. The van der Waals surface area contributed by atoms with Crippen molar-refractivity contribution < 1.29 is 18.3 Å². The number of likely N-dealkylation sites (tertiary alicyclic amines) is 1. The second kappa shape index (κ2) is 9.29. The number of benzene rings is 2. The number of carbonyl (C=O) groups excluding carboxylic acids is 1. The quantitative estimate of drug-likeness (QED) is 0.345. The Hall–Kier alpha value is -2.74. The number of imidazole rings is 1. The van der Waals surface area contributed by atoms with Crippen molar-refractivity contribution in [2.75, 3.05) is 6.54 Å². The second-order valence-electron chi connectivity index (χ2n) is 10.6. The Kier molecular flexibility index (Phi) is 6.43. The zero-order valence-corrected chi connectivity index (χ0v) is 22.3. The first-order valence-corrected chi connectivity index (χ1v) is 13.2. The van der Waals surface area contributed by atoms with Crippen LogP contribution in [0.5, 0.6) is 0 Å². The van der Waals surface area contributed by atoms with E-state index in [9.17, 15) is 4.79 Å². The predicted molar refractivity (Wildman–Crippen MR) is 139 cm³/mol. The van der Waals surface area contributed by atoms with Crippen LogP contribution in [-0.2, 0) is 10.7 Å². The molecule has 2 aliphatic rings. The van der Waals surface area contributed by atoms with E-state index in [0.29, 0.717) is 39.2 Å². The van der Waals surface area contributed by atoms with Gasteiger partial charge in [0.1, 0.15) is 11.4 Å². The molecule has 0 spiro atoms. The molecule has 1 aliphatic heterocycles. The van der Waals surface area contributed by atoms with E-state index in [2.05, 4.69) is 25.9 Å².